The maximum Gasteiger partial charge on any atom is 0.317 e. The summed E-state index contributed by atoms with van der Waals surface area (Å²) in [6, 6.07) is -0.370. The molecule has 2 aliphatic heterocycles. The van der Waals surface area contributed by atoms with Crippen LogP contribution in [-0.2, 0) is 9.59 Å². The van der Waals surface area contributed by atoms with E-state index >= 15 is 0 Å². The Morgan fingerprint density at radius 3 is 2.35 bits per heavy atom. The van der Waals surface area contributed by atoms with Gasteiger partial charge in [0.2, 0.25) is 5.91 Å². The van der Waals surface area contributed by atoms with Crippen molar-refractivity contribution in [1.29, 1.82) is 0 Å². The summed E-state index contributed by atoms with van der Waals surface area (Å²) in [6.07, 6.45) is 2.03. The molecule has 130 valence electrons. The first kappa shape index (κ1) is 17.6. The fraction of sp³-hybridized carbons (Fsp3) is 0.812. The van der Waals surface area contributed by atoms with Crippen LogP contribution in [0.4, 0.5) is 4.79 Å². The van der Waals surface area contributed by atoms with Crippen molar-refractivity contribution in [2.24, 2.45) is 11.3 Å². The van der Waals surface area contributed by atoms with Crippen LogP contribution in [0.3, 0.4) is 0 Å². The predicted molar refractivity (Wildman–Crippen MR) is 84.9 cm³/mol. The van der Waals surface area contributed by atoms with Gasteiger partial charge in [0.05, 0.1) is 18.0 Å². The van der Waals surface area contributed by atoms with Crippen LogP contribution < -0.4 is 10.6 Å². The summed E-state index contributed by atoms with van der Waals surface area (Å²) >= 11 is 0. The molecule has 23 heavy (non-hydrogen) atoms. The number of carbonyl (C=O) groups excluding carboxylic acids is 2. The molecule has 7 nitrogen and oxygen atoms in total. The standard InChI is InChI=1S/C16H27N3O4/c1-16(2,3)13-11(4-5-12(20)18-13)17-15(23)19-8-6-10(7-9-19)14(21)22/h10-11,13H,4-9H2,1-3H3,(H,17,23)(H,18,20)(H,21,22)/t11-,13-/m1/s1. The second kappa shape index (κ2) is 6.76. The number of rotatable bonds is 2. The van der Waals surface area contributed by atoms with E-state index in [4.69, 9.17) is 5.11 Å². The highest BCUT2D eigenvalue weighted by atomic mass is 16.4. The molecule has 0 bridgehead atoms. The monoisotopic (exact) mass is 325 g/mol. The Labute approximate surface area is 136 Å². The molecule has 0 saturated carbocycles. The first-order valence-corrected chi connectivity index (χ1v) is 8.26. The number of piperidine rings is 2. The summed E-state index contributed by atoms with van der Waals surface area (Å²) in [5.74, 6) is -1.11. The molecule has 0 aromatic carbocycles. The molecule has 3 amide bonds. The van der Waals surface area contributed by atoms with Gasteiger partial charge in [0, 0.05) is 19.5 Å². The lowest BCUT2D eigenvalue weighted by Gasteiger charge is -2.42. The molecule has 7 heteroatoms. The molecular formula is C16H27N3O4. The van der Waals surface area contributed by atoms with Gasteiger partial charge >= 0.3 is 12.0 Å². The molecule has 2 saturated heterocycles. The summed E-state index contributed by atoms with van der Waals surface area (Å²) in [5, 5.41) is 15.0. The number of carboxylic acids is 1. The minimum Gasteiger partial charge on any atom is -0.481 e. The lowest BCUT2D eigenvalue weighted by Crippen LogP contribution is -2.62. The highest BCUT2D eigenvalue weighted by Gasteiger charge is 2.38. The second-order valence-electron chi connectivity index (χ2n) is 7.61. The molecule has 2 rings (SSSR count). The van der Waals surface area contributed by atoms with Crippen molar-refractivity contribution in [1.82, 2.24) is 15.5 Å². The first-order chi connectivity index (χ1) is 10.7. The zero-order valence-corrected chi connectivity index (χ0v) is 14.1. The summed E-state index contributed by atoms with van der Waals surface area (Å²) in [5.41, 5.74) is -0.148. The molecule has 0 radical (unpaired) electrons. The van der Waals surface area contributed by atoms with Gasteiger partial charge in [-0.3, -0.25) is 9.59 Å². The van der Waals surface area contributed by atoms with E-state index < -0.39 is 5.97 Å². The van der Waals surface area contributed by atoms with Gasteiger partial charge in [0.25, 0.3) is 0 Å². The smallest absolute Gasteiger partial charge is 0.317 e. The highest BCUT2D eigenvalue weighted by molar-refractivity contribution is 5.79. The van der Waals surface area contributed by atoms with Crippen molar-refractivity contribution >= 4 is 17.9 Å². The quantitative estimate of drug-likeness (QED) is 0.710. The lowest BCUT2D eigenvalue weighted by atomic mass is 9.79. The minimum atomic E-state index is -0.784. The molecule has 0 aromatic rings. The Hall–Kier alpha value is -1.79. The zero-order valence-electron chi connectivity index (χ0n) is 14.1. The molecule has 2 atom stereocenters. The Bertz CT molecular complexity index is 478. The van der Waals surface area contributed by atoms with Crippen LogP contribution in [0.1, 0.15) is 46.5 Å². The number of aliphatic carboxylic acids is 1. The second-order valence-corrected chi connectivity index (χ2v) is 7.61. The van der Waals surface area contributed by atoms with Crippen molar-refractivity contribution in [3.05, 3.63) is 0 Å². The van der Waals surface area contributed by atoms with Gasteiger partial charge in [0.1, 0.15) is 0 Å². The molecule has 2 fully saturated rings. The highest BCUT2D eigenvalue weighted by Crippen LogP contribution is 2.27. The minimum absolute atomic E-state index is 0.0256. The summed E-state index contributed by atoms with van der Waals surface area (Å²) in [7, 11) is 0. The van der Waals surface area contributed by atoms with E-state index in [0.717, 1.165) is 0 Å². The molecule has 3 N–H and O–H groups in total. The number of carboxylic acid groups (broad SMARTS) is 1. The van der Waals surface area contributed by atoms with E-state index in [-0.39, 0.29) is 35.4 Å². The summed E-state index contributed by atoms with van der Waals surface area (Å²) in [6.45, 7) is 7.05. The molecular weight excluding hydrogens is 298 g/mol. The number of hydrogen-bond donors (Lipinski definition) is 3. The van der Waals surface area contributed by atoms with Crippen LogP contribution in [0, 0.1) is 11.3 Å². The van der Waals surface area contributed by atoms with E-state index in [1.165, 1.54) is 0 Å². The van der Waals surface area contributed by atoms with Gasteiger partial charge in [-0.2, -0.15) is 0 Å². The fourth-order valence-electron chi connectivity index (χ4n) is 3.35. The number of amides is 3. The largest absolute Gasteiger partial charge is 0.481 e. The third kappa shape index (κ3) is 4.36. The number of likely N-dealkylation sites (tertiary alicyclic amines) is 1. The lowest BCUT2D eigenvalue weighted by molar-refractivity contribution is -0.143. The zero-order chi connectivity index (χ0) is 17.2. The van der Waals surface area contributed by atoms with Crippen molar-refractivity contribution in [2.45, 2.75) is 58.5 Å². The van der Waals surface area contributed by atoms with E-state index in [1.807, 2.05) is 20.8 Å². The maximum absolute atomic E-state index is 12.5. The van der Waals surface area contributed by atoms with E-state index in [2.05, 4.69) is 10.6 Å². The number of carbonyl (C=O) groups is 3. The predicted octanol–water partition coefficient (Wildman–Crippen LogP) is 1.19. The molecule has 0 unspecified atom stereocenters. The van der Waals surface area contributed by atoms with Gasteiger partial charge in [0.15, 0.2) is 0 Å². The molecule has 0 spiro atoms. The summed E-state index contributed by atoms with van der Waals surface area (Å²) < 4.78 is 0. The molecule has 0 aromatic heterocycles. The van der Waals surface area contributed by atoms with Crippen molar-refractivity contribution < 1.29 is 19.5 Å². The van der Waals surface area contributed by atoms with Crippen LogP contribution >= 0.6 is 0 Å². The average molecular weight is 325 g/mol. The van der Waals surface area contributed by atoms with Crippen LogP contribution in [-0.4, -0.2) is 53.1 Å². The number of nitrogens with zero attached hydrogens (tertiary/aromatic N) is 1. The van der Waals surface area contributed by atoms with Crippen LogP contribution in [0.5, 0.6) is 0 Å². The number of nitrogens with one attached hydrogen (secondary N) is 2. The Morgan fingerprint density at radius 2 is 1.83 bits per heavy atom. The van der Waals surface area contributed by atoms with Crippen molar-refractivity contribution in [3.8, 4) is 0 Å². The third-order valence-corrected chi connectivity index (χ3v) is 4.77. The van der Waals surface area contributed by atoms with Crippen LogP contribution in [0.25, 0.3) is 0 Å². The number of hydrogen-bond acceptors (Lipinski definition) is 3. The van der Waals surface area contributed by atoms with Crippen molar-refractivity contribution in [3.63, 3.8) is 0 Å². The topological polar surface area (TPSA) is 98.7 Å². The Morgan fingerprint density at radius 1 is 1.22 bits per heavy atom. The van der Waals surface area contributed by atoms with Crippen molar-refractivity contribution in [2.75, 3.05) is 13.1 Å². The van der Waals surface area contributed by atoms with Crippen LogP contribution in [0.15, 0.2) is 0 Å². The molecule has 0 aliphatic carbocycles. The Kier molecular flexibility index (Phi) is 5.16. The van der Waals surface area contributed by atoms with Gasteiger partial charge in [-0.05, 0) is 24.7 Å². The fourth-order valence-corrected chi connectivity index (χ4v) is 3.35. The van der Waals surface area contributed by atoms with E-state index in [0.29, 0.717) is 38.8 Å². The molecule has 2 heterocycles. The Balaban J connectivity index is 1.93. The van der Waals surface area contributed by atoms with Gasteiger partial charge in [-0.25, -0.2) is 4.79 Å². The average Bonchev–Trinajstić information content (AvgIpc) is 2.48. The first-order valence-electron chi connectivity index (χ1n) is 8.26. The van der Waals surface area contributed by atoms with Gasteiger partial charge in [-0.15, -0.1) is 0 Å². The van der Waals surface area contributed by atoms with Gasteiger partial charge in [-0.1, -0.05) is 20.8 Å². The third-order valence-electron chi connectivity index (χ3n) is 4.77. The number of urea groups is 1. The van der Waals surface area contributed by atoms with E-state index in [9.17, 15) is 14.4 Å². The van der Waals surface area contributed by atoms with E-state index in [1.54, 1.807) is 4.90 Å². The molecule has 2 aliphatic rings. The summed E-state index contributed by atoms with van der Waals surface area (Å²) in [4.78, 5) is 36.8. The maximum atomic E-state index is 12.5. The van der Waals surface area contributed by atoms with Crippen LogP contribution in [0.2, 0.25) is 0 Å². The normalized spacial score (nSPS) is 26.6. The SMILES string of the molecule is CC(C)(C)[C@@H]1NC(=O)CC[C@H]1NC(=O)N1CCC(C(=O)O)CC1. The van der Waals surface area contributed by atoms with Gasteiger partial charge < -0.3 is 20.6 Å².